The fraction of sp³-hybridized carbons (Fsp3) is 0.571. The van der Waals surface area contributed by atoms with E-state index in [4.69, 9.17) is 0 Å². The van der Waals surface area contributed by atoms with Crippen LogP contribution in [0, 0.1) is 10.1 Å². The summed E-state index contributed by atoms with van der Waals surface area (Å²) in [6.07, 6.45) is 5.75. The van der Waals surface area contributed by atoms with Crippen LogP contribution in [-0.2, 0) is 6.54 Å². The van der Waals surface area contributed by atoms with Gasteiger partial charge in [-0.2, -0.15) is 16.9 Å². The maximum Gasteiger partial charge on any atom is 0.306 e. The third-order valence-electron chi connectivity index (χ3n) is 1.57. The van der Waals surface area contributed by atoms with Crippen molar-refractivity contribution in [3.05, 3.63) is 22.5 Å². The first kappa shape index (κ1) is 10.0. The lowest BCUT2D eigenvalue weighted by atomic mass is 10.5. The molecule has 0 saturated heterocycles. The van der Waals surface area contributed by atoms with E-state index in [0.29, 0.717) is 0 Å². The molecular weight excluding hydrogens is 190 g/mol. The predicted octanol–water partition coefficient (Wildman–Crippen LogP) is 1.54. The monoisotopic (exact) mass is 201 g/mol. The van der Waals surface area contributed by atoms with Crippen LogP contribution in [0.2, 0.25) is 0 Å². The first-order valence-electron chi connectivity index (χ1n) is 3.90. The number of hydrogen-bond donors (Lipinski definition) is 0. The van der Waals surface area contributed by atoms with Gasteiger partial charge >= 0.3 is 5.69 Å². The summed E-state index contributed by atoms with van der Waals surface area (Å²) < 4.78 is 1.61. The Kier molecular flexibility index (Phi) is 3.75. The van der Waals surface area contributed by atoms with Crippen molar-refractivity contribution in [1.29, 1.82) is 0 Å². The summed E-state index contributed by atoms with van der Waals surface area (Å²) in [5.41, 5.74) is 0.0594. The average Bonchev–Trinajstić information content (AvgIpc) is 2.53. The average molecular weight is 201 g/mol. The molecule has 0 amide bonds. The Balaban J connectivity index is 2.44. The van der Waals surface area contributed by atoms with Gasteiger partial charge in [-0.05, 0) is 18.4 Å². The van der Waals surface area contributed by atoms with Crippen LogP contribution in [0.15, 0.2) is 12.4 Å². The lowest BCUT2D eigenvalue weighted by Gasteiger charge is -1.97. The smallest absolute Gasteiger partial charge is 0.266 e. The van der Waals surface area contributed by atoms with Crippen molar-refractivity contribution in [2.45, 2.75) is 13.0 Å². The van der Waals surface area contributed by atoms with Crippen LogP contribution in [0.5, 0.6) is 0 Å². The largest absolute Gasteiger partial charge is 0.306 e. The second kappa shape index (κ2) is 4.86. The van der Waals surface area contributed by atoms with Crippen molar-refractivity contribution in [1.82, 2.24) is 9.78 Å². The highest BCUT2D eigenvalue weighted by molar-refractivity contribution is 7.98. The van der Waals surface area contributed by atoms with Gasteiger partial charge < -0.3 is 0 Å². The van der Waals surface area contributed by atoms with Crippen LogP contribution in [0.3, 0.4) is 0 Å². The lowest BCUT2D eigenvalue weighted by molar-refractivity contribution is -0.385. The molecule has 0 aliphatic carbocycles. The van der Waals surface area contributed by atoms with Crippen molar-refractivity contribution in [2.75, 3.05) is 12.0 Å². The van der Waals surface area contributed by atoms with E-state index in [0.717, 1.165) is 18.7 Å². The quantitative estimate of drug-likeness (QED) is 0.412. The molecule has 5 nitrogen and oxygen atoms in total. The normalized spacial score (nSPS) is 10.2. The minimum atomic E-state index is -0.432. The van der Waals surface area contributed by atoms with Crippen molar-refractivity contribution >= 4 is 17.4 Å². The van der Waals surface area contributed by atoms with Crippen molar-refractivity contribution < 1.29 is 4.92 Å². The number of nitro groups is 1. The first-order valence-corrected chi connectivity index (χ1v) is 5.29. The Morgan fingerprint density at radius 2 is 2.54 bits per heavy atom. The summed E-state index contributed by atoms with van der Waals surface area (Å²) in [6, 6.07) is 0. The summed E-state index contributed by atoms with van der Waals surface area (Å²) in [7, 11) is 0. The summed E-state index contributed by atoms with van der Waals surface area (Å²) in [6.45, 7) is 0.745. The Labute approximate surface area is 80.3 Å². The number of rotatable bonds is 5. The number of aryl methyl sites for hydroxylation is 1. The zero-order valence-electron chi connectivity index (χ0n) is 7.34. The van der Waals surface area contributed by atoms with Gasteiger partial charge in [0.15, 0.2) is 0 Å². The summed E-state index contributed by atoms with van der Waals surface area (Å²) in [5, 5.41) is 14.2. The van der Waals surface area contributed by atoms with Crippen LogP contribution in [0.1, 0.15) is 6.42 Å². The molecule has 0 N–H and O–H groups in total. The molecule has 1 rings (SSSR count). The van der Waals surface area contributed by atoms with E-state index in [1.54, 1.807) is 16.4 Å². The second-order valence-corrected chi connectivity index (χ2v) is 3.55. The molecule has 0 bridgehead atoms. The molecule has 0 saturated carbocycles. The van der Waals surface area contributed by atoms with Crippen LogP contribution in [0.25, 0.3) is 0 Å². The molecule has 1 aromatic heterocycles. The fourth-order valence-corrected chi connectivity index (χ4v) is 1.36. The standard InChI is InChI=1S/C7H11N3O2S/c1-13-4-2-3-9-6-7(5-8-9)10(11)12/h5-6H,2-4H2,1H3. The number of hydrogen-bond acceptors (Lipinski definition) is 4. The number of aromatic nitrogens is 2. The maximum atomic E-state index is 10.3. The van der Waals surface area contributed by atoms with E-state index < -0.39 is 4.92 Å². The minimum absolute atomic E-state index is 0.0594. The fourth-order valence-electron chi connectivity index (χ4n) is 0.940. The maximum absolute atomic E-state index is 10.3. The second-order valence-electron chi connectivity index (χ2n) is 2.57. The highest BCUT2D eigenvalue weighted by Crippen LogP contribution is 2.08. The molecule has 0 aliphatic heterocycles. The van der Waals surface area contributed by atoms with E-state index in [-0.39, 0.29) is 5.69 Å². The third-order valence-corrected chi connectivity index (χ3v) is 2.26. The zero-order valence-corrected chi connectivity index (χ0v) is 8.16. The topological polar surface area (TPSA) is 61.0 Å². The minimum Gasteiger partial charge on any atom is -0.266 e. The van der Waals surface area contributed by atoms with Crippen molar-refractivity contribution in [3.8, 4) is 0 Å². The Hall–Kier alpha value is -1.04. The van der Waals surface area contributed by atoms with E-state index in [1.165, 1.54) is 12.4 Å². The Morgan fingerprint density at radius 1 is 1.77 bits per heavy atom. The van der Waals surface area contributed by atoms with Crippen LogP contribution < -0.4 is 0 Å². The Bertz CT molecular complexity index is 287. The van der Waals surface area contributed by atoms with Gasteiger partial charge in [-0.3, -0.25) is 14.8 Å². The zero-order chi connectivity index (χ0) is 9.68. The van der Waals surface area contributed by atoms with E-state index in [9.17, 15) is 10.1 Å². The lowest BCUT2D eigenvalue weighted by Crippen LogP contribution is -1.98. The molecule has 0 unspecified atom stereocenters. The number of nitrogens with zero attached hydrogens (tertiary/aromatic N) is 3. The first-order chi connectivity index (χ1) is 6.24. The molecule has 0 radical (unpaired) electrons. The summed E-state index contributed by atoms with van der Waals surface area (Å²) >= 11 is 1.76. The van der Waals surface area contributed by atoms with Gasteiger partial charge in [-0.25, -0.2) is 0 Å². The molecule has 0 spiro atoms. The molecule has 0 aromatic carbocycles. The predicted molar refractivity (Wildman–Crippen MR) is 51.9 cm³/mol. The molecule has 1 heterocycles. The van der Waals surface area contributed by atoms with Gasteiger partial charge in [-0.1, -0.05) is 0 Å². The van der Waals surface area contributed by atoms with E-state index >= 15 is 0 Å². The van der Waals surface area contributed by atoms with Gasteiger partial charge in [0.05, 0.1) is 4.92 Å². The molecule has 0 fully saturated rings. The highest BCUT2D eigenvalue weighted by Gasteiger charge is 2.07. The molecule has 6 heteroatoms. The van der Waals surface area contributed by atoms with Crippen molar-refractivity contribution in [2.24, 2.45) is 0 Å². The van der Waals surface area contributed by atoms with Gasteiger partial charge in [0, 0.05) is 6.54 Å². The van der Waals surface area contributed by atoms with E-state index in [1.807, 2.05) is 6.26 Å². The third kappa shape index (κ3) is 3.06. The highest BCUT2D eigenvalue weighted by atomic mass is 32.2. The molecular formula is C7H11N3O2S. The van der Waals surface area contributed by atoms with Gasteiger partial charge in [-0.15, -0.1) is 0 Å². The molecule has 1 aromatic rings. The van der Waals surface area contributed by atoms with Crippen LogP contribution in [0.4, 0.5) is 5.69 Å². The van der Waals surface area contributed by atoms with Gasteiger partial charge in [0.1, 0.15) is 12.4 Å². The SMILES string of the molecule is CSCCCn1cc([N+](=O)[O-])cn1. The molecule has 72 valence electrons. The molecule has 0 aliphatic rings. The molecule has 0 atom stereocenters. The number of thioether (sulfide) groups is 1. The van der Waals surface area contributed by atoms with Crippen molar-refractivity contribution in [3.63, 3.8) is 0 Å². The van der Waals surface area contributed by atoms with E-state index in [2.05, 4.69) is 5.10 Å². The van der Waals surface area contributed by atoms with Crippen LogP contribution in [-0.4, -0.2) is 26.7 Å². The van der Waals surface area contributed by atoms with Crippen LogP contribution >= 0.6 is 11.8 Å². The molecule has 13 heavy (non-hydrogen) atoms. The van der Waals surface area contributed by atoms with Gasteiger partial charge in [0.25, 0.3) is 0 Å². The Morgan fingerprint density at radius 3 is 3.08 bits per heavy atom. The summed E-state index contributed by atoms with van der Waals surface area (Å²) in [4.78, 5) is 9.86. The summed E-state index contributed by atoms with van der Waals surface area (Å²) in [5.74, 6) is 1.05. The van der Waals surface area contributed by atoms with Gasteiger partial charge in [0.2, 0.25) is 0 Å².